The van der Waals surface area contributed by atoms with Crippen molar-refractivity contribution in [2.45, 2.75) is 32.8 Å². The number of nitrogens with zero attached hydrogens (tertiary/aromatic N) is 2. The Kier molecular flexibility index (Phi) is 18.3. The first-order valence-corrected chi connectivity index (χ1v) is 11.5. The van der Waals surface area contributed by atoms with Gasteiger partial charge in [-0.25, -0.2) is 0 Å². The lowest BCUT2D eigenvalue weighted by molar-refractivity contribution is 0.0662. The molecule has 13 heteroatoms. The topological polar surface area (TPSA) is 161 Å². The van der Waals surface area contributed by atoms with Crippen LogP contribution in [0.5, 0.6) is 0 Å². The molecule has 0 saturated carbocycles. The lowest BCUT2D eigenvalue weighted by atomic mass is 10.1. The number of Topliss-reactive ketones (excluding diaryl/α,β-unsaturated/α-hetero) is 1. The number of hydrogen-bond donors (Lipinski definition) is 4. The number of hydrogen-bond acceptors (Lipinski definition) is 11. The summed E-state index contributed by atoms with van der Waals surface area (Å²) in [6.07, 6.45) is 3.30. The number of carbonyl (C=O) groups is 2. The predicted octanol–water partition coefficient (Wildman–Crippen LogP) is 3.46. The second-order valence-electron chi connectivity index (χ2n) is 7.33. The van der Waals surface area contributed by atoms with Gasteiger partial charge in [-0.1, -0.05) is 0 Å². The van der Waals surface area contributed by atoms with Gasteiger partial charge in [-0.05, 0) is 43.3 Å². The van der Waals surface area contributed by atoms with E-state index in [1.165, 1.54) is 30.3 Å². The Bertz CT molecular complexity index is 1100. The summed E-state index contributed by atoms with van der Waals surface area (Å²) in [5, 5.41) is 35.8. The van der Waals surface area contributed by atoms with Gasteiger partial charge in [-0.2, -0.15) is 0 Å². The van der Waals surface area contributed by atoms with Crippen molar-refractivity contribution in [1.29, 1.82) is 0 Å². The molecule has 0 bridgehead atoms. The molecule has 0 fully saturated rings. The summed E-state index contributed by atoms with van der Waals surface area (Å²) in [7, 11) is 3.08. The van der Waals surface area contributed by atoms with Crippen LogP contribution in [0, 0.1) is 0 Å². The van der Waals surface area contributed by atoms with Crippen molar-refractivity contribution in [3.8, 4) is 0 Å². The molecule has 4 rings (SSSR count). The predicted molar refractivity (Wildman–Crippen MR) is 139 cm³/mol. The van der Waals surface area contributed by atoms with Crippen LogP contribution in [0.4, 0.5) is 8.78 Å². The molecule has 4 N–H and O–H groups in total. The molecule has 4 heterocycles. The zero-order valence-corrected chi connectivity index (χ0v) is 22.3. The average Bonchev–Trinajstić information content (AvgIpc) is 3.81. The first kappa shape index (κ1) is 35.2. The van der Waals surface area contributed by atoms with E-state index in [0.29, 0.717) is 26.4 Å². The van der Waals surface area contributed by atoms with Gasteiger partial charge in [0.2, 0.25) is 5.78 Å². The van der Waals surface area contributed by atoms with Gasteiger partial charge < -0.3 is 43.5 Å². The first-order valence-electron chi connectivity index (χ1n) is 11.5. The molecule has 1 aliphatic heterocycles. The number of aliphatic hydroxyl groups excluding tert-OH is 4. The number of aldehydes is 1. The van der Waals surface area contributed by atoms with Crippen LogP contribution in [0.3, 0.4) is 0 Å². The minimum atomic E-state index is -1.50. The van der Waals surface area contributed by atoms with Crippen molar-refractivity contribution < 1.29 is 53.5 Å². The SMILES string of the molecule is CCN1C=CN(C)C1.CF.CF.O=C(c1ccc(CO)o1)C(O)c1ccc(CO)o1.O=Cc1ccc(CO)o1.[2HH]. The van der Waals surface area contributed by atoms with Gasteiger partial charge in [0.1, 0.15) is 42.9 Å². The number of aliphatic hydroxyl groups is 4. The summed E-state index contributed by atoms with van der Waals surface area (Å²) in [4.78, 5) is 26.2. The van der Waals surface area contributed by atoms with Gasteiger partial charge >= 0.3 is 0 Å². The van der Waals surface area contributed by atoms with Crippen LogP contribution in [0.1, 0.15) is 58.6 Å². The van der Waals surface area contributed by atoms with Crippen molar-refractivity contribution in [3.05, 3.63) is 83.4 Å². The lowest BCUT2D eigenvalue weighted by Gasteiger charge is -2.14. The normalized spacial score (nSPS) is 12.1. The quantitative estimate of drug-likeness (QED) is 0.235. The molecule has 0 aliphatic carbocycles. The van der Waals surface area contributed by atoms with Gasteiger partial charge in [0, 0.05) is 27.4 Å². The van der Waals surface area contributed by atoms with Crippen molar-refractivity contribution in [2.24, 2.45) is 0 Å². The van der Waals surface area contributed by atoms with Crippen LogP contribution < -0.4 is 0 Å². The monoisotopic (exact) mass is 561 g/mol. The lowest BCUT2D eigenvalue weighted by Crippen LogP contribution is -2.21. The number of alkyl halides is 2. The number of rotatable bonds is 8. The smallest absolute Gasteiger partial charge is 0.234 e. The van der Waals surface area contributed by atoms with E-state index in [-0.39, 0.29) is 50.0 Å². The fourth-order valence-corrected chi connectivity index (χ4v) is 2.82. The van der Waals surface area contributed by atoms with Crippen molar-refractivity contribution in [3.63, 3.8) is 0 Å². The molecule has 1 atom stereocenters. The van der Waals surface area contributed by atoms with Crippen molar-refractivity contribution >= 4 is 12.1 Å². The second kappa shape index (κ2) is 20.2. The summed E-state index contributed by atoms with van der Waals surface area (Å²) in [5.74, 6) is 0.456. The highest BCUT2D eigenvalue weighted by atomic mass is 19.1. The van der Waals surface area contributed by atoms with Crippen LogP contribution in [-0.4, -0.2) is 76.9 Å². The molecule has 0 radical (unpaired) electrons. The van der Waals surface area contributed by atoms with Gasteiger partial charge in [0.25, 0.3) is 0 Å². The molecule has 3 aromatic heterocycles. The van der Waals surface area contributed by atoms with E-state index in [9.17, 15) is 23.5 Å². The Balaban J connectivity index is 0. The number of halogens is 2. The molecule has 39 heavy (non-hydrogen) atoms. The van der Waals surface area contributed by atoms with Crippen molar-refractivity contribution in [2.75, 3.05) is 34.6 Å². The number of furan rings is 3. The third-order valence-corrected chi connectivity index (χ3v) is 4.71. The summed E-state index contributed by atoms with van der Waals surface area (Å²) in [6.45, 7) is 3.53. The largest absolute Gasteiger partial charge is 0.460 e. The summed E-state index contributed by atoms with van der Waals surface area (Å²) < 4.78 is 33.8. The first-order chi connectivity index (χ1) is 18.8. The zero-order chi connectivity index (χ0) is 29.8. The van der Waals surface area contributed by atoms with E-state index in [2.05, 4.69) is 36.2 Å². The Labute approximate surface area is 226 Å². The van der Waals surface area contributed by atoms with Gasteiger partial charge in [-0.15, -0.1) is 0 Å². The molecular formula is C26H38F2N2O9. The zero-order valence-electron chi connectivity index (χ0n) is 22.3. The standard InChI is InChI=1S/C12H12O6.C6H12N2.C6H6O3.2CH3F.H2/c13-5-7-1-3-9(17-7)11(15)12(16)10-4-2-8(6-14)18-10;1-3-8-5-4-7(2)6-8;7-3-5-1-2-6(4-8)9-5;2*1-2;/h1-4,11,13-15H,5-6H2;4-5H,3,6H2,1-2H3;1-3,8H,4H2;2*1H3;1H/i;;;;;1+1. The molecule has 0 amide bonds. The third-order valence-electron chi connectivity index (χ3n) is 4.71. The van der Waals surface area contributed by atoms with Gasteiger partial charge in [0.15, 0.2) is 23.9 Å². The number of carbonyl (C=O) groups excluding carboxylic acids is 2. The fraction of sp³-hybridized carbons (Fsp3) is 0.385. The molecule has 11 nitrogen and oxygen atoms in total. The molecular weight excluding hydrogens is 522 g/mol. The van der Waals surface area contributed by atoms with Crippen LogP contribution >= 0.6 is 0 Å². The Hall–Kier alpha value is -3.78. The van der Waals surface area contributed by atoms with E-state index in [4.69, 9.17) is 28.6 Å². The molecule has 0 aromatic carbocycles. The van der Waals surface area contributed by atoms with Crippen LogP contribution in [0.25, 0.3) is 0 Å². The second-order valence-corrected chi connectivity index (χ2v) is 7.33. The maximum absolute atomic E-state index is 11.8. The van der Waals surface area contributed by atoms with Gasteiger partial charge in [0.05, 0.1) is 21.0 Å². The van der Waals surface area contributed by atoms with Crippen LogP contribution in [0.2, 0.25) is 0 Å². The average molecular weight is 562 g/mol. The molecule has 0 spiro atoms. The van der Waals surface area contributed by atoms with Crippen molar-refractivity contribution in [1.82, 2.24) is 9.80 Å². The van der Waals surface area contributed by atoms with E-state index in [1.807, 2.05) is 0 Å². The number of ketones is 1. The summed E-state index contributed by atoms with van der Waals surface area (Å²) >= 11 is 0. The maximum atomic E-state index is 11.8. The fourth-order valence-electron chi connectivity index (χ4n) is 2.82. The highest BCUT2D eigenvalue weighted by Crippen LogP contribution is 2.22. The van der Waals surface area contributed by atoms with Crippen LogP contribution in [0.15, 0.2) is 62.0 Å². The van der Waals surface area contributed by atoms with Gasteiger partial charge in [-0.3, -0.25) is 18.4 Å². The molecule has 1 unspecified atom stereocenters. The van der Waals surface area contributed by atoms with E-state index < -0.39 is 11.9 Å². The minimum absolute atomic E-state index is 0. The third kappa shape index (κ3) is 12.1. The van der Waals surface area contributed by atoms with E-state index >= 15 is 0 Å². The minimum Gasteiger partial charge on any atom is -0.460 e. The van der Waals surface area contributed by atoms with Crippen LogP contribution in [-0.2, 0) is 19.8 Å². The summed E-state index contributed by atoms with van der Waals surface area (Å²) in [5.41, 5.74) is 0. The summed E-state index contributed by atoms with van der Waals surface area (Å²) in [6, 6.07) is 8.76. The molecule has 1 aliphatic rings. The highest BCUT2D eigenvalue weighted by Gasteiger charge is 2.25. The molecule has 0 saturated heterocycles. The highest BCUT2D eigenvalue weighted by molar-refractivity contribution is 5.97. The Morgan fingerprint density at radius 2 is 1.46 bits per heavy atom. The Morgan fingerprint density at radius 1 is 0.923 bits per heavy atom. The van der Waals surface area contributed by atoms with E-state index in [1.54, 1.807) is 6.07 Å². The molecule has 220 valence electrons. The van der Waals surface area contributed by atoms with E-state index in [0.717, 1.165) is 13.2 Å². The molecule has 3 aromatic rings. The Morgan fingerprint density at radius 3 is 1.85 bits per heavy atom. The maximum Gasteiger partial charge on any atom is 0.234 e.